The number of hydrogen-bond acceptors (Lipinski definition) is 3. The third-order valence-electron chi connectivity index (χ3n) is 4.15. The number of aliphatic hydroxyl groups is 2. The van der Waals surface area contributed by atoms with Crippen molar-refractivity contribution >= 4 is 0 Å². The van der Waals surface area contributed by atoms with Crippen LogP contribution in [0.3, 0.4) is 0 Å². The van der Waals surface area contributed by atoms with E-state index >= 15 is 0 Å². The molecular weight excluding hydrogens is 202 g/mol. The Morgan fingerprint density at radius 1 is 1.12 bits per heavy atom. The first-order valence-corrected chi connectivity index (χ1v) is 6.61. The molecule has 0 spiro atoms. The molecule has 0 unspecified atom stereocenters. The van der Waals surface area contributed by atoms with Crippen LogP contribution in [0, 0.1) is 23.2 Å². The normalized spacial score (nSPS) is 21.8. The third-order valence-corrected chi connectivity index (χ3v) is 4.15. The van der Waals surface area contributed by atoms with Crippen molar-refractivity contribution in [3.63, 3.8) is 0 Å². The van der Waals surface area contributed by atoms with Gasteiger partial charge in [-0.05, 0) is 50.0 Å². The van der Waals surface area contributed by atoms with E-state index in [0.29, 0.717) is 0 Å². The maximum Gasteiger partial charge on any atom is 0.0518 e. The molecule has 0 amide bonds. The first-order valence-electron chi connectivity index (χ1n) is 6.61. The van der Waals surface area contributed by atoms with Gasteiger partial charge in [0.25, 0.3) is 0 Å². The molecule has 2 rings (SSSR count). The predicted octanol–water partition coefficient (Wildman–Crippen LogP) is 1.00. The van der Waals surface area contributed by atoms with Gasteiger partial charge in [-0.25, -0.2) is 0 Å². The zero-order valence-corrected chi connectivity index (χ0v) is 10.3. The second-order valence-electron chi connectivity index (χ2n) is 6.10. The van der Waals surface area contributed by atoms with Gasteiger partial charge in [0.15, 0.2) is 0 Å². The summed E-state index contributed by atoms with van der Waals surface area (Å²) in [7, 11) is 0. The Bertz CT molecular complexity index is 208. The lowest BCUT2D eigenvalue weighted by Crippen LogP contribution is -2.40. The van der Waals surface area contributed by atoms with Gasteiger partial charge in [0.05, 0.1) is 13.2 Å². The van der Waals surface area contributed by atoms with Gasteiger partial charge in [-0.15, -0.1) is 0 Å². The summed E-state index contributed by atoms with van der Waals surface area (Å²) in [6.45, 7) is 3.81. The molecular formula is C13H25NO2. The Hall–Kier alpha value is -0.120. The summed E-state index contributed by atoms with van der Waals surface area (Å²) in [5.41, 5.74) is -0.363. The van der Waals surface area contributed by atoms with E-state index in [9.17, 15) is 10.2 Å². The average Bonchev–Trinajstić information content (AvgIpc) is 3.17. The van der Waals surface area contributed by atoms with Crippen molar-refractivity contribution in [1.29, 1.82) is 0 Å². The molecule has 0 radical (unpaired) electrons. The summed E-state index contributed by atoms with van der Waals surface area (Å²) in [6, 6.07) is 0. The highest BCUT2D eigenvalue weighted by Gasteiger charge is 2.41. The van der Waals surface area contributed by atoms with Crippen molar-refractivity contribution in [3.05, 3.63) is 0 Å². The molecule has 0 atom stereocenters. The fourth-order valence-electron chi connectivity index (χ4n) is 2.47. The van der Waals surface area contributed by atoms with Crippen molar-refractivity contribution in [3.8, 4) is 0 Å². The van der Waals surface area contributed by atoms with Crippen LogP contribution in [-0.4, -0.2) is 36.5 Å². The molecule has 0 aromatic rings. The van der Waals surface area contributed by atoms with Gasteiger partial charge in [0, 0.05) is 12.0 Å². The summed E-state index contributed by atoms with van der Waals surface area (Å²) in [4.78, 5) is 0. The van der Waals surface area contributed by atoms with Crippen molar-refractivity contribution in [2.24, 2.45) is 23.2 Å². The van der Waals surface area contributed by atoms with E-state index in [0.717, 1.165) is 30.8 Å². The van der Waals surface area contributed by atoms with Crippen LogP contribution in [0.1, 0.15) is 32.6 Å². The zero-order chi connectivity index (χ0) is 11.6. The summed E-state index contributed by atoms with van der Waals surface area (Å²) in [6.07, 6.45) is 5.67. The zero-order valence-electron chi connectivity index (χ0n) is 10.3. The average molecular weight is 227 g/mol. The maximum absolute atomic E-state index is 9.19. The minimum Gasteiger partial charge on any atom is -0.396 e. The Kier molecular flexibility index (Phi) is 3.88. The monoisotopic (exact) mass is 227 g/mol. The number of nitrogens with one attached hydrogen (secondary N) is 1. The highest BCUT2D eigenvalue weighted by Crippen LogP contribution is 2.48. The maximum atomic E-state index is 9.19. The Labute approximate surface area is 98.2 Å². The summed E-state index contributed by atoms with van der Waals surface area (Å²) >= 11 is 0. The second-order valence-corrected chi connectivity index (χ2v) is 6.10. The van der Waals surface area contributed by atoms with Gasteiger partial charge >= 0.3 is 0 Å². The smallest absolute Gasteiger partial charge is 0.0518 e. The molecule has 0 aromatic carbocycles. The van der Waals surface area contributed by atoms with E-state index in [1.807, 2.05) is 6.92 Å². The van der Waals surface area contributed by atoms with Crippen molar-refractivity contribution < 1.29 is 10.2 Å². The van der Waals surface area contributed by atoms with E-state index in [1.165, 1.54) is 25.7 Å². The molecule has 2 saturated carbocycles. The van der Waals surface area contributed by atoms with E-state index in [2.05, 4.69) is 5.32 Å². The van der Waals surface area contributed by atoms with Crippen molar-refractivity contribution in [2.45, 2.75) is 32.6 Å². The van der Waals surface area contributed by atoms with Crippen LogP contribution in [0.2, 0.25) is 0 Å². The highest BCUT2D eigenvalue weighted by molar-refractivity contribution is 4.92. The molecule has 2 aliphatic rings. The van der Waals surface area contributed by atoms with Gasteiger partial charge in [0.2, 0.25) is 0 Å². The van der Waals surface area contributed by atoms with Crippen LogP contribution in [0.5, 0.6) is 0 Å². The lowest BCUT2D eigenvalue weighted by molar-refractivity contribution is 0.0684. The molecule has 0 saturated heterocycles. The third kappa shape index (κ3) is 3.19. The van der Waals surface area contributed by atoms with Crippen molar-refractivity contribution in [2.75, 3.05) is 26.3 Å². The molecule has 94 valence electrons. The van der Waals surface area contributed by atoms with Gasteiger partial charge in [-0.2, -0.15) is 0 Å². The fraction of sp³-hybridized carbons (Fsp3) is 1.00. The molecule has 0 heterocycles. The van der Waals surface area contributed by atoms with Gasteiger partial charge < -0.3 is 15.5 Å². The molecule has 3 nitrogen and oxygen atoms in total. The van der Waals surface area contributed by atoms with Crippen LogP contribution >= 0.6 is 0 Å². The highest BCUT2D eigenvalue weighted by atomic mass is 16.3. The quantitative estimate of drug-likeness (QED) is 0.580. The first kappa shape index (κ1) is 12.3. The van der Waals surface area contributed by atoms with Crippen LogP contribution in [0.15, 0.2) is 0 Å². The van der Waals surface area contributed by atoms with Crippen LogP contribution in [0.4, 0.5) is 0 Å². The van der Waals surface area contributed by atoms with E-state index < -0.39 is 0 Å². The summed E-state index contributed by atoms with van der Waals surface area (Å²) in [5.74, 6) is 2.80. The molecule has 3 heteroatoms. The largest absolute Gasteiger partial charge is 0.396 e. The van der Waals surface area contributed by atoms with E-state index in [4.69, 9.17) is 0 Å². The first-order chi connectivity index (χ1) is 7.68. The van der Waals surface area contributed by atoms with Crippen LogP contribution in [0.25, 0.3) is 0 Å². The van der Waals surface area contributed by atoms with Crippen LogP contribution in [-0.2, 0) is 0 Å². The topological polar surface area (TPSA) is 52.5 Å². The lowest BCUT2D eigenvalue weighted by atomic mass is 9.92. The van der Waals surface area contributed by atoms with Crippen molar-refractivity contribution in [1.82, 2.24) is 5.32 Å². The molecule has 0 bridgehead atoms. The standard InChI is InChI=1S/C13H25NO2/c1-13(8-15,9-16)7-14-6-12(10-2-3-10)11-4-5-11/h10-12,14-16H,2-9H2,1H3. The summed E-state index contributed by atoms with van der Waals surface area (Å²) < 4.78 is 0. The Morgan fingerprint density at radius 3 is 2.00 bits per heavy atom. The number of rotatable bonds is 8. The van der Waals surface area contributed by atoms with Gasteiger partial charge in [0.1, 0.15) is 0 Å². The minimum absolute atomic E-state index is 0.0496. The Balaban J connectivity index is 1.69. The predicted molar refractivity (Wildman–Crippen MR) is 64.1 cm³/mol. The number of aliphatic hydroxyl groups excluding tert-OH is 2. The van der Waals surface area contributed by atoms with E-state index in [1.54, 1.807) is 0 Å². The van der Waals surface area contributed by atoms with Crippen LogP contribution < -0.4 is 5.32 Å². The molecule has 2 aliphatic carbocycles. The van der Waals surface area contributed by atoms with Gasteiger partial charge in [-0.1, -0.05) is 6.92 Å². The number of hydrogen-bond donors (Lipinski definition) is 3. The molecule has 2 fully saturated rings. The lowest BCUT2D eigenvalue weighted by Gasteiger charge is -2.26. The Morgan fingerprint density at radius 2 is 1.62 bits per heavy atom. The minimum atomic E-state index is -0.363. The summed E-state index contributed by atoms with van der Waals surface area (Å²) in [5, 5.41) is 21.8. The second kappa shape index (κ2) is 5.03. The molecule has 3 N–H and O–H groups in total. The fourth-order valence-corrected chi connectivity index (χ4v) is 2.47. The SMILES string of the molecule is CC(CO)(CO)CNCC(C1CC1)C1CC1. The molecule has 0 aromatic heterocycles. The van der Waals surface area contributed by atoms with E-state index in [-0.39, 0.29) is 18.6 Å². The molecule has 16 heavy (non-hydrogen) atoms. The molecule has 0 aliphatic heterocycles. The van der Waals surface area contributed by atoms with Gasteiger partial charge in [-0.3, -0.25) is 0 Å².